The van der Waals surface area contributed by atoms with Gasteiger partial charge in [0.2, 0.25) is 0 Å². The molecule has 0 radical (unpaired) electrons. The largest absolute Gasteiger partial charge is 0.507 e. The molecule has 0 aromatic heterocycles. The molecule has 0 fully saturated rings. The maximum atomic E-state index is 10.4. The number of benzene rings is 4. The third kappa shape index (κ3) is 6.00. The van der Waals surface area contributed by atoms with Crippen molar-refractivity contribution in [3.8, 4) is 22.6 Å². The minimum absolute atomic E-state index is 0.172. The van der Waals surface area contributed by atoms with Gasteiger partial charge in [0, 0.05) is 11.1 Å². The predicted octanol–water partition coefficient (Wildman–Crippen LogP) is 9.18. The Morgan fingerprint density at radius 2 is 0.700 bits per heavy atom. The Kier molecular flexibility index (Phi) is 13.4. The van der Waals surface area contributed by atoms with Crippen molar-refractivity contribution >= 4 is 21.5 Å². The van der Waals surface area contributed by atoms with E-state index in [-0.39, 0.29) is 11.5 Å². The molecule has 4 aromatic rings. The molecule has 0 saturated heterocycles. The van der Waals surface area contributed by atoms with Crippen molar-refractivity contribution in [2.75, 3.05) is 0 Å². The van der Waals surface area contributed by atoms with Gasteiger partial charge in [-0.15, -0.1) is 0 Å². The summed E-state index contributed by atoms with van der Waals surface area (Å²) in [6.07, 6.45) is 0. The number of phenolic OH excluding ortho intramolecular Hbond substituents is 2. The maximum Gasteiger partial charge on any atom is 0.124 e. The number of phenols is 2. The fourth-order valence-electron chi connectivity index (χ4n) is 3.05. The van der Waals surface area contributed by atoms with Crippen LogP contribution in [0, 0.1) is 0 Å². The summed E-state index contributed by atoms with van der Waals surface area (Å²) in [5.74, 6) is 0.343. The Balaban J connectivity index is 0.000000948. The van der Waals surface area contributed by atoms with Gasteiger partial charge in [-0.1, -0.05) is 116 Å². The number of hydrogen-bond donors (Lipinski definition) is 2. The zero-order valence-electron chi connectivity index (χ0n) is 19.8. The zero-order chi connectivity index (χ0) is 23.1. The van der Waals surface area contributed by atoms with Gasteiger partial charge in [0.05, 0.1) is 0 Å². The van der Waals surface area contributed by atoms with Crippen molar-refractivity contribution in [2.45, 2.75) is 55.4 Å². The summed E-state index contributed by atoms with van der Waals surface area (Å²) in [4.78, 5) is 0. The van der Waals surface area contributed by atoms with Crippen molar-refractivity contribution in [2.24, 2.45) is 0 Å². The fourth-order valence-corrected chi connectivity index (χ4v) is 3.05. The zero-order valence-corrected chi connectivity index (χ0v) is 19.8. The lowest BCUT2D eigenvalue weighted by atomic mass is 9.92. The van der Waals surface area contributed by atoms with E-state index in [9.17, 15) is 10.2 Å². The molecule has 0 saturated carbocycles. The second kappa shape index (κ2) is 14.9. The molecule has 2 nitrogen and oxygen atoms in total. The van der Waals surface area contributed by atoms with E-state index in [4.69, 9.17) is 0 Å². The van der Waals surface area contributed by atoms with Crippen LogP contribution in [0.25, 0.3) is 32.7 Å². The fraction of sp³-hybridized carbons (Fsp3) is 0.286. The highest BCUT2D eigenvalue weighted by molar-refractivity contribution is 6.09. The molecule has 4 aromatic carbocycles. The Hall–Kier alpha value is -3.00. The third-order valence-electron chi connectivity index (χ3n) is 4.06. The van der Waals surface area contributed by atoms with Crippen LogP contribution in [0.2, 0.25) is 0 Å². The van der Waals surface area contributed by atoms with E-state index in [2.05, 4.69) is 0 Å². The summed E-state index contributed by atoms with van der Waals surface area (Å²) in [7, 11) is 0. The topological polar surface area (TPSA) is 40.5 Å². The van der Waals surface area contributed by atoms with Gasteiger partial charge >= 0.3 is 0 Å². The van der Waals surface area contributed by atoms with E-state index in [1.165, 1.54) is 0 Å². The SMILES string of the molecule is CC.CC.CC.CC.Oc1ccc2ccccc2c1-c1c(O)ccc2ccccc12. The van der Waals surface area contributed by atoms with Crippen LogP contribution in [0.4, 0.5) is 0 Å². The smallest absolute Gasteiger partial charge is 0.124 e. The summed E-state index contributed by atoms with van der Waals surface area (Å²) in [6, 6.07) is 22.9. The van der Waals surface area contributed by atoms with Crippen LogP contribution in [0.15, 0.2) is 72.8 Å². The van der Waals surface area contributed by atoms with Gasteiger partial charge in [0.25, 0.3) is 0 Å². The van der Waals surface area contributed by atoms with E-state index in [1.54, 1.807) is 12.1 Å². The molecule has 4 rings (SSSR count). The minimum atomic E-state index is 0.172. The van der Waals surface area contributed by atoms with Crippen molar-refractivity contribution in [1.82, 2.24) is 0 Å². The number of rotatable bonds is 1. The van der Waals surface area contributed by atoms with Gasteiger partial charge in [0.1, 0.15) is 11.5 Å². The molecule has 0 atom stereocenters. The van der Waals surface area contributed by atoms with Crippen LogP contribution >= 0.6 is 0 Å². The van der Waals surface area contributed by atoms with Gasteiger partial charge in [-0.2, -0.15) is 0 Å². The van der Waals surface area contributed by atoms with Crippen LogP contribution < -0.4 is 0 Å². The van der Waals surface area contributed by atoms with Gasteiger partial charge in [-0.05, 0) is 33.7 Å². The van der Waals surface area contributed by atoms with E-state index < -0.39 is 0 Å². The Morgan fingerprint density at radius 1 is 0.400 bits per heavy atom. The van der Waals surface area contributed by atoms with Crippen molar-refractivity contribution in [1.29, 1.82) is 0 Å². The van der Waals surface area contributed by atoms with Crippen LogP contribution in [0.3, 0.4) is 0 Å². The minimum Gasteiger partial charge on any atom is -0.507 e. The summed E-state index contributed by atoms with van der Waals surface area (Å²) in [5.41, 5.74) is 1.35. The van der Waals surface area contributed by atoms with Crippen molar-refractivity contribution < 1.29 is 10.2 Å². The molecule has 0 amide bonds. The lowest BCUT2D eigenvalue weighted by Crippen LogP contribution is -1.86. The average Bonchev–Trinajstić information content (AvgIpc) is 2.85. The lowest BCUT2D eigenvalue weighted by molar-refractivity contribution is 0.470. The Morgan fingerprint density at radius 3 is 1.03 bits per heavy atom. The Labute approximate surface area is 182 Å². The standard InChI is InChI=1S/C20H14O2.4C2H6/c21-17-11-9-13-5-1-3-7-15(13)19(17)20-16-8-4-2-6-14(16)10-12-18(20)22;4*1-2/h1-12,21-22H;4*1-2H3. The van der Waals surface area contributed by atoms with Gasteiger partial charge in [0.15, 0.2) is 0 Å². The van der Waals surface area contributed by atoms with Crippen molar-refractivity contribution in [3.63, 3.8) is 0 Å². The van der Waals surface area contributed by atoms with Gasteiger partial charge in [-0.25, -0.2) is 0 Å². The van der Waals surface area contributed by atoms with Crippen LogP contribution in [0.5, 0.6) is 11.5 Å². The molecule has 0 spiro atoms. The quantitative estimate of drug-likeness (QED) is 0.331. The molecule has 0 unspecified atom stereocenters. The third-order valence-corrected chi connectivity index (χ3v) is 4.06. The highest BCUT2D eigenvalue weighted by Crippen LogP contribution is 2.44. The molecule has 162 valence electrons. The maximum absolute atomic E-state index is 10.4. The first-order valence-corrected chi connectivity index (χ1v) is 11.2. The van der Waals surface area contributed by atoms with E-state index in [0.29, 0.717) is 11.1 Å². The first-order valence-electron chi connectivity index (χ1n) is 11.2. The molecule has 0 heterocycles. The summed E-state index contributed by atoms with van der Waals surface area (Å²) >= 11 is 0. The first kappa shape index (κ1) is 27.0. The first-order chi connectivity index (χ1) is 14.8. The second-order valence-electron chi connectivity index (χ2n) is 5.36. The van der Waals surface area contributed by atoms with E-state index in [1.807, 2.05) is 116 Å². The molecular formula is C28H38O2. The van der Waals surface area contributed by atoms with E-state index >= 15 is 0 Å². The molecular weight excluding hydrogens is 368 g/mol. The summed E-state index contributed by atoms with van der Waals surface area (Å²) < 4.78 is 0. The van der Waals surface area contributed by atoms with Gasteiger partial charge in [-0.3, -0.25) is 0 Å². The average molecular weight is 407 g/mol. The molecule has 0 aliphatic heterocycles. The highest BCUT2D eigenvalue weighted by atomic mass is 16.3. The molecule has 0 aliphatic carbocycles. The molecule has 2 heteroatoms. The Bertz CT molecular complexity index is 920. The molecule has 0 aliphatic rings. The molecule has 30 heavy (non-hydrogen) atoms. The second-order valence-corrected chi connectivity index (χ2v) is 5.36. The summed E-state index contributed by atoms with van der Waals surface area (Å²) in [5, 5.41) is 24.8. The van der Waals surface area contributed by atoms with E-state index in [0.717, 1.165) is 21.5 Å². The monoisotopic (exact) mass is 406 g/mol. The van der Waals surface area contributed by atoms with Gasteiger partial charge < -0.3 is 10.2 Å². The molecule has 2 N–H and O–H groups in total. The number of fused-ring (bicyclic) bond motifs is 2. The highest BCUT2D eigenvalue weighted by Gasteiger charge is 2.16. The number of hydrogen-bond acceptors (Lipinski definition) is 2. The number of aromatic hydroxyl groups is 2. The lowest BCUT2D eigenvalue weighted by Gasteiger charge is -2.14. The summed E-state index contributed by atoms with van der Waals surface area (Å²) in [6.45, 7) is 16.0. The van der Waals surface area contributed by atoms with Crippen LogP contribution in [0.1, 0.15) is 55.4 Å². The van der Waals surface area contributed by atoms with Crippen LogP contribution in [-0.2, 0) is 0 Å². The van der Waals surface area contributed by atoms with Crippen LogP contribution in [-0.4, -0.2) is 10.2 Å². The normalized spacial score (nSPS) is 8.93. The molecule has 0 bridgehead atoms. The van der Waals surface area contributed by atoms with Crippen molar-refractivity contribution in [3.05, 3.63) is 72.8 Å². The predicted molar refractivity (Wildman–Crippen MR) is 136 cm³/mol.